The van der Waals surface area contributed by atoms with Gasteiger partial charge in [0.15, 0.2) is 5.16 Å². The third-order valence-electron chi connectivity index (χ3n) is 5.33. The number of nitrogens with one attached hydrogen (secondary N) is 2. The van der Waals surface area contributed by atoms with Gasteiger partial charge in [-0.3, -0.25) is 14.5 Å². The van der Waals surface area contributed by atoms with E-state index in [4.69, 9.17) is 0 Å². The van der Waals surface area contributed by atoms with Crippen LogP contribution in [0.5, 0.6) is 0 Å². The highest BCUT2D eigenvalue weighted by Crippen LogP contribution is 2.19. The van der Waals surface area contributed by atoms with E-state index < -0.39 is 0 Å². The lowest BCUT2D eigenvalue weighted by Crippen LogP contribution is -2.35. The maximum Gasteiger partial charge on any atom is 0.256 e. The average Bonchev–Trinajstić information content (AvgIpc) is 2.78. The number of carbonyl (C=O) groups excluding carboxylic acids is 1. The van der Waals surface area contributed by atoms with Gasteiger partial charge in [-0.25, -0.2) is 4.98 Å². The van der Waals surface area contributed by atoms with Crippen molar-refractivity contribution in [3.63, 3.8) is 0 Å². The molecule has 0 spiro atoms. The number of hydrogen-bond donors (Lipinski definition) is 2. The zero-order chi connectivity index (χ0) is 21.6. The SMILES string of the molecule is Cc1ccc(CNC(=O)CSc2nc3c(c(=O)[nH]2)CN(Cc2ccccc2)CC3)cc1. The van der Waals surface area contributed by atoms with Gasteiger partial charge in [-0.1, -0.05) is 71.9 Å². The molecule has 0 aliphatic carbocycles. The maximum absolute atomic E-state index is 12.6. The zero-order valence-corrected chi connectivity index (χ0v) is 18.4. The van der Waals surface area contributed by atoms with E-state index in [2.05, 4.69) is 32.3 Å². The summed E-state index contributed by atoms with van der Waals surface area (Å²) in [5.74, 6) is 0.133. The Kier molecular flexibility index (Phi) is 6.84. The van der Waals surface area contributed by atoms with Gasteiger partial charge in [-0.15, -0.1) is 0 Å². The van der Waals surface area contributed by atoms with E-state index in [0.29, 0.717) is 18.2 Å². The number of hydrogen-bond acceptors (Lipinski definition) is 5. The standard InChI is InChI=1S/C24H26N4O2S/c1-17-7-9-18(10-8-17)13-25-22(29)16-31-24-26-21-11-12-28(15-20(21)23(30)27-24)14-19-5-3-2-4-6-19/h2-10H,11-16H2,1H3,(H,25,29)(H,26,27,30). The molecular weight excluding hydrogens is 408 g/mol. The molecule has 6 nitrogen and oxygen atoms in total. The third-order valence-corrected chi connectivity index (χ3v) is 6.20. The van der Waals surface area contributed by atoms with E-state index in [1.54, 1.807) is 0 Å². The highest BCUT2D eigenvalue weighted by atomic mass is 32.2. The number of thioether (sulfide) groups is 1. The summed E-state index contributed by atoms with van der Waals surface area (Å²) in [6.45, 7) is 4.79. The minimum Gasteiger partial charge on any atom is -0.351 e. The van der Waals surface area contributed by atoms with Crippen molar-refractivity contribution in [3.8, 4) is 0 Å². The van der Waals surface area contributed by atoms with Gasteiger partial charge in [-0.05, 0) is 18.1 Å². The Balaban J connectivity index is 1.31. The molecule has 1 aliphatic heterocycles. The number of carbonyl (C=O) groups is 1. The van der Waals surface area contributed by atoms with Crippen molar-refractivity contribution in [2.45, 2.75) is 38.1 Å². The van der Waals surface area contributed by atoms with Crippen LogP contribution >= 0.6 is 11.8 Å². The average molecular weight is 435 g/mol. The summed E-state index contributed by atoms with van der Waals surface area (Å²) in [6, 6.07) is 18.3. The molecule has 160 valence electrons. The molecule has 1 aliphatic rings. The summed E-state index contributed by atoms with van der Waals surface area (Å²) in [5.41, 5.74) is 4.95. The van der Waals surface area contributed by atoms with Crippen LogP contribution in [0.1, 0.15) is 27.9 Å². The van der Waals surface area contributed by atoms with Crippen molar-refractivity contribution in [1.29, 1.82) is 0 Å². The Morgan fingerprint density at radius 2 is 1.90 bits per heavy atom. The maximum atomic E-state index is 12.6. The molecule has 0 radical (unpaired) electrons. The van der Waals surface area contributed by atoms with Gasteiger partial charge in [0.1, 0.15) is 0 Å². The second kappa shape index (κ2) is 9.94. The highest BCUT2D eigenvalue weighted by Gasteiger charge is 2.21. The summed E-state index contributed by atoms with van der Waals surface area (Å²) < 4.78 is 0. The predicted octanol–water partition coefficient (Wildman–Crippen LogP) is 3.05. The molecule has 4 rings (SSSR count). The summed E-state index contributed by atoms with van der Waals surface area (Å²) in [5, 5.41) is 3.41. The second-order valence-corrected chi connectivity index (χ2v) is 8.76. The lowest BCUT2D eigenvalue weighted by atomic mass is 10.1. The molecule has 0 saturated carbocycles. The number of rotatable bonds is 7. The molecule has 0 fully saturated rings. The van der Waals surface area contributed by atoms with Crippen molar-refractivity contribution >= 4 is 17.7 Å². The fourth-order valence-electron chi connectivity index (χ4n) is 3.59. The zero-order valence-electron chi connectivity index (χ0n) is 17.6. The van der Waals surface area contributed by atoms with Crippen molar-refractivity contribution < 1.29 is 4.79 Å². The number of benzene rings is 2. The molecule has 0 bridgehead atoms. The summed E-state index contributed by atoms with van der Waals surface area (Å²) >= 11 is 1.26. The van der Waals surface area contributed by atoms with Crippen LogP contribution in [0.15, 0.2) is 64.5 Å². The number of aromatic amines is 1. The fourth-order valence-corrected chi connectivity index (χ4v) is 4.30. The van der Waals surface area contributed by atoms with Crippen LogP contribution in [0.25, 0.3) is 0 Å². The number of nitrogens with zero attached hydrogens (tertiary/aromatic N) is 2. The van der Waals surface area contributed by atoms with Gasteiger partial charge in [0.25, 0.3) is 5.56 Å². The van der Waals surface area contributed by atoms with Crippen LogP contribution in [-0.4, -0.2) is 33.1 Å². The number of fused-ring (bicyclic) bond motifs is 1. The molecule has 0 atom stereocenters. The van der Waals surface area contributed by atoms with E-state index >= 15 is 0 Å². The summed E-state index contributed by atoms with van der Waals surface area (Å²) in [7, 11) is 0. The molecule has 2 N–H and O–H groups in total. The fraction of sp³-hybridized carbons (Fsp3) is 0.292. The van der Waals surface area contributed by atoms with Crippen LogP contribution in [0.2, 0.25) is 0 Å². The molecule has 2 aromatic carbocycles. The Labute approximate surface area is 186 Å². The topological polar surface area (TPSA) is 78.1 Å². The van der Waals surface area contributed by atoms with Gasteiger partial charge in [0.2, 0.25) is 5.91 Å². The van der Waals surface area contributed by atoms with E-state index in [0.717, 1.165) is 36.3 Å². The van der Waals surface area contributed by atoms with Crippen molar-refractivity contribution in [3.05, 3.63) is 92.9 Å². The molecular formula is C24H26N4O2S. The van der Waals surface area contributed by atoms with E-state index in [-0.39, 0.29) is 17.2 Å². The Morgan fingerprint density at radius 1 is 1.13 bits per heavy atom. The first kappa shape index (κ1) is 21.3. The lowest BCUT2D eigenvalue weighted by Gasteiger charge is -2.27. The summed E-state index contributed by atoms with van der Waals surface area (Å²) in [6.07, 6.45) is 0.735. The van der Waals surface area contributed by atoms with Crippen molar-refractivity contribution in [2.75, 3.05) is 12.3 Å². The number of H-pyrrole nitrogens is 1. The first-order chi connectivity index (χ1) is 15.1. The highest BCUT2D eigenvalue weighted by molar-refractivity contribution is 7.99. The molecule has 7 heteroatoms. The van der Waals surface area contributed by atoms with E-state index in [1.807, 2.05) is 49.4 Å². The van der Waals surface area contributed by atoms with Crippen LogP contribution in [0.3, 0.4) is 0 Å². The van der Waals surface area contributed by atoms with Crippen LogP contribution in [0, 0.1) is 6.92 Å². The first-order valence-electron chi connectivity index (χ1n) is 10.4. The van der Waals surface area contributed by atoms with E-state index in [9.17, 15) is 9.59 Å². The van der Waals surface area contributed by atoms with Crippen LogP contribution < -0.4 is 10.9 Å². The minimum atomic E-state index is -0.106. The number of aryl methyl sites for hydroxylation is 1. The van der Waals surface area contributed by atoms with Crippen molar-refractivity contribution in [1.82, 2.24) is 20.2 Å². The predicted molar refractivity (Wildman–Crippen MR) is 123 cm³/mol. The first-order valence-corrected chi connectivity index (χ1v) is 11.4. The normalized spacial score (nSPS) is 13.6. The molecule has 3 aromatic rings. The van der Waals surface area contributed by atoms with Gasteiger partial charge in [0.05, 0.1) is 17.0 Å². The Morgan fingerprint density at radius 3 is 2.68 bits per heavy atom. The molecule has 31 heavy (non-hydrogen) atoms. The molecule has 1 aromatic heterocycles. The monoisotopic (exact) mass is 434 g/mol. The smallest absolute Gasteiger partial charge is 0.256 e. The van der Waals surface area contributed by atoms with Crippen LogP contribution in [-0.2, 0) is 30.8 Å². The Hall–Kier alpha value is -2.90. The van der Waals surface area contributed by atoms with E-state index in [1.165, 1.54) is 22.9 Å². The van der Waals surface area contributed by atoms with Gasteiger partial charge in [0, 0.05) is 32.6 Å². The number of aromatic nitrogens is 2. The number of amides is 1. The third kappa shape index (κ3) is 5.83. The lowest BCUT2D eigenvalue weighted by molar-refractivity contribution is -0.118. The molecule has 1 amide bonds. The molecule has 0 unspecified atom stereocenters. The Bertz CT molecular complexity index is 1100. The van der Waals surface area contributed by atoms with Crippen LogP contribution in [0.4, 0.5) is 0 Å². The minimum absolute atomic E-state index is 0.0834. The van der Waals surface area contributed by atoms with Gasteiger partial charge < -0.3 is 10.3 Å². The summed E-state index contributed by atoms with van der Waals surface area (Å²) in [4.78, 5) is 34.5. The molecule has 0 saturated heterocycles. The largest absolute Gasteiger partial charge is 0.351 e. The second-order valence-electron chi connectivity index (χ2n) is 7.79. The van der Waals surface area contributed by atoms with Crippen molar-refractivity contribution in [2.24, 2.45) is 0 Å². The molecule has 2 heterocycles. The quantitative estimate of drug-likeness (QED) is 0.441. The van der Waals surface area contributed by atoms with Gasteiger partial charge in [-0.2, -0.15) is 0 Å². The van der Waals surface area contributed by atoms with Gasteiger partial charge >= 0.3 is 0 Å².